The molecular formula is C27H28N2O4. The summed E-state index contributed by atoms with van der Waals surface area (Å²) < 4.78 is 10.6. The quantitative estimate of drug-likeness (QED) is 0.375. The van der Waals surface area contributed by atoms with Gasteiger partial charge in [0, 0.05) is 24.9 Å². The van der Waals surface area contributed by atoms with Gasteiger partial charge in [-0.1, -0.05) is 47.6 Å². The number of nitrogens with zero attached hydrogens (tertiary/aromatic N) is 2. The average Bonchev–Trinajstić information content (AvgIpc) is 2.88. The van der Waals surface area contributed by atoms with Crippen LogP contribution in [0.1, 0.15) is 46.4 Å². The SMILES string of the molecule is COc1ccc(C2CC(=NOC(=O)c3ccccc3)CC(c3ccc(OC)cc3)N2C)cc1. The number of oxime groups is 1. The van der Waals surface area contributed by atoms with Crippen molar-refractivity contribution in [2.75, 3.05) is 21.3 Å². The number of hydrogen-bond donors (Lipinski definition) is 0. The zero-order valence-electron chi connectivity index (χ0n) is 19.1. The second kappa shape index (κ2) is 10.3. The highest BCUT2D eigenvalue weighted by Crippen LogP contribution is 2.40. The number of hydrogen-bond acceptors (Lipinski definition) is 6. The van der Waals surface area contributed by atoms with Gasteiger partial charge < -0.3 is 14.3 Å². The Balaban J connectivity index is 1.62. The molecule has 0 saturated carbocycles. The normalized spacial score (nSPS) is 18.5. The monoisotopic (exact) mass is 444 g/mol. The molecule has 1 aliphatic heterocycles. The molecule has 170 valence electrons. The Kier molecular flexibility index (Phi) is 7.05. The number of methoxy groups -OCH3 is 2. The summed E-state index contributed by atoms with van der Waals surface area (Å²) in [6.45, 7) is 0. The van der Waals surface area contributed by atoms with Gasteiger partial charge in [0.2, 0.25) is 0 Å². The molecule has 4 rings (SSSR count). The van der Waals surface area contributed by atoms with Gasteiger partial charge in [-0.3, -0.25) is 4.90 Å². The van der Waals surface area contributed by atoms with Crippen LogP contribution in [-0.2, 0) is 4.84 Å². The van der Waals surface area contributed by atoms with Gasteiger partial charge in [-0.2, -0.15) is 0 Å². The number of ether oxygens (including phenoxy) is 2. The molecule has 0 radical (unpaired) electrons. The van der Waals surface area contributed by atoms with Crippen molar-refractivity contribution in [1.29, 1.82) is 0 Å². The van der Waals surface area contributed by atoms with E-state index >= 15 is 0 Å². The molecule has 0 N–H and O–H groups in total. The Hall–Kier alpha value is -3.64. The molecule has 1 saturated heterocycles. The molecule has 0 amide bonds. The Morgan fingerprint density at radius 2 is 1.27 bits per heavy atom. The fourth-order valence-electron chi connectivity index (χ4n) is 4.20. The molecular weight excluding hydrogens is 416 g/mol. The van der Waals surface area contributed by atoms with Gasteiger partial charge in [0.1, 0.15) is 11.5 Å². The maximum atomic E-state index is 12.4. The molecule has 1 heterocycles. The minimum absolute atomic E-state index is 0.0749. The molecule has 1 fully saturated rings. The van der Waals surface area contributed by atoms with E-state index in [0.29, 0.717) is 18.4 Å². The first-order valence-electron chi connectivity index (χ1n) is 10.9. The number of benzene rings is 3. The number of carbonyl (C=O) groups is 1. The predicted molar refractivity (Wildman–Crippen MR) is 128 cm³/mol. The average molecular weight is 445 g/mol. The van der Waals surface area contributed by atoms with Gasteiger partial charge in [0.15, 0.2) is 0 Å². The second-order valence-electron chi connectivity index (χ2n) is 8.05. The van der Waals surface area contributed by atoms with Crippen LogP contribution in [0, 0.1) is 0 Å². The molecule has 0 aromatic heterocycles. The number of likely N-dealkylation sites (tertiary alicyclic amines) is 1. The van der Waals surface area contributed by atoms with Crippen molar-refractivity contribution in [2.45, 2.75) is 24.9 Å². The smallest absolute Gasteiger partial charge is 0.365 e. The third-order valence-electron chi connectivity index (χ3n) is 6.11. The van der Waals surface area contributed by atoms with E-state index in [1.165, 1.54) is 0 Å². The van der Waals surface area contributed by atoms with Crippen LogP contribution in [0.25, 0.3) is 0 Å². The van der Waals surface area contributed by atoms with Crippen molar-refractivity contribution < 1.29 is 19.1 Å². The van der Waals surface area contributed by atoms with Gasteiger partial charge >= 0.3 is 5.97 Å². The lowest BCUT2D eigenvalue weighted by molar-refractivity contribution is 0.0507. The molecule has 1 aliphatic rings. The molecule has 0 bridgehead atoms. The van der Waals surface area contributed by atoms with E-state index in [-0.39, 0.29) is 12.1 Å². The van der Waals surface area contributed by atoms with Crippen LogP contribution in [0.15, 0.2) is 84.0 Å². The van der Waals surface area contributed by atoms with Crippen molar-refractivity contribution in [3.05, 3.63) is 95.6 Å². The maximum Gasteiger partial charge on any atom is 0.365 e. The van der Waals surface area contributed by atoms with Crippen molar-refractivity contribution in [3.8, 4) is 11.5 Å². The van der Waals surface area contributed by atoms with Crippen molar-refractivity contribution in [3.63, 3.8) is 0 Å². The zero-order chi connectivity index (χ0) is 23.2. The lowest BCUT2D eigenvalue weighted by Crippen LogP contribution is -2.37. The van der Waals surface area contributed by atoms with Crippen LogP contribution < -0.4 is 9.47 Å². The minimum atomic E-state index is -0.455. The molecule has 0 spiro atoms. The Labute approximate surface area is 194 Å². The highest BCUT2D eigenvalue weighted by atomic mass is 16.7. The first-order valence-corrected chi connectivity index (χ1v) is 10.9. The van der Waals surface area contributed by atoms with Gasteiger partial charge in [-0.05, 0) is 54.6 Å². The summed E-state index contributed by atoms with van der Waals surface area (Å²) in [4.78, 5) is 20.1. The Morgan fingerprint density at radius 3 is 1.73 bits per heavy atom. The summed E-state index contributed by atoms with van der Waals surface area (Å²) in [6.07, 6.45) is 1.33. The van der Waals surface area contributed by atoms with Crippen LogP contribution in [-0.4, -0.2) is 37.8 Å². The van der Waals surface area contributed by atoms with Crippen LogP contribution >= 0.6 is 0 Å². The molecule has 3 aromatic rings. The van der Waals surface area contributed by atoms with Gasteiger partial charge in [-0.25, -0.2) is 4.79 Å². The summed E-state index contributed by atoms with van der Waals surface area (Å²) in [5.41, 5.74) is 3.63. The lowest BCUT2D eigenvalue weighted by atomic mass is 9.87. The molecule has 3 aromatic carbocycles. The van der Waals surface area contributed by atoms with E-state index in [9.17, 15) is 4.79 Å². The fraction of sp³-hybridized carbons (Fsp3) is 0.259. The standard InChI is InChI=1S/C27H28N2O4/c1-29-25(19-9-13-23(31-2)14-10-19)17-22(28-33-27(30)21-7-5-4-6-8-21)18-26(29)20-11-15-24(32-3)16-12-20/h4-16,25-26H,17-18H2,1-3H3. The molecule has 2 unspecified atom stereocenters. The molecule has 0 aliphatic carbocycles. The zero-order valence-corrected chi connectivity index (χ0v) is 19.1. The Bertz CT molecular complexity index is 1040. The van der Waals surface area contributed by atoms with Crippen LogP contribution in [0.5, 0.6) is 11.5 Å². The number of carbonyl (C=O) groups excluding carboxylic acids is 1. The van der Waals surface area contributed by atoms with E-state index in [1.54, 1.807) is 38.5 Å². The fourth-order valence-corrected chi connectivity index (χ4v) is 4.20. The van der Waals surface area contributed by atoms with E-state index in [0.717, 1.165) is 28.3 Å². The van der Waals surface area contributed by atoms with Gasteiger partial charge in [0.05, 0.1) is 25.5 Å². The number of rotatable bonds is 6. The summed E-state index contributed by atoms with van der Waals surface area (Å²) >= 11 is 0. The first-order chi connectivity index (χ1) is 16.1. The third-order valence-corrected chi connectivity index (χ3v) is 6.11. The topological polar surface area (TPSA) is 60.4 Å². The van der Waals surface area contributed by atoms with E-state index < -0.39 is 5.97 Å². The summed E-state index contributed by atoms with van der Waals surface area (Å²) in [6, 6.07) is 25.2. The van der Waals surface area contributed by atoms with Crippen molar-refractivity contribution in [2.24, 2.45) is 5.16 Å². The Morgan fingerprint density at radius 1 is 0.788 bits per heavy atom. The van der Waals surface area contributed by atoms with E-state index in [2.05, 4.69) is 41.4 Å². The molecule has 33 heavy (non-hydrogen) atoms. The van der Waals surface area contributed by atoms with Crippen LogP contribution in [0.2, 0.25) is 0 Å². The first kappa shape index (κ1) is 22.6. The van der Waals surface area contributed by atoms with Crippen LogP contribution in [0.3, 0.4) is 0 Å². The molecule has 2 atom stereocenters. The van der Waals surface area contributed by atoms with E-state index in [4.69, 9.17) is 14.3 Å². The second-order valence-corrected chi connectivity index (χ2v) is 8.05. The van der Waals surface area contributed by atoms with Gasteiger partial charge in [0.25, 0.3) is 0 Å². The maximum absolute atomic E-state index is 12.4. The summed E-state index contributed by atoms with van der Waals surface area (Å²) in [5, 5.41) is 4.30. The molecule has 6 nitrogen and oxygen atoms in total. The minimum Gasteiger partial charge on any atom is -0.497 e. The van der Waals surface area contributed by atoms with E-state index in [1.807, 2.05) is 30.3 Å². The largest absolute Gasteiger partial charge is 0.497 e. The highest BCUT2D eigenvalue weighted by Gasteiger charge is 2.33. The molecule has 6 heteroatoms. The highest BCUT2D eigenvalue weighted by molar-refractivity contribution is 5.91. The third kappa shape index (κ3) is 5.23. The summed E-state index contributed by atoms with van der Waals surface area (Å²) in [7, 11) is 5.44. The summed E-state index contributed by atoms with van der Waals surface area (Å²) in [5.74, 6) is 1.17. The predicted octanol–water partition coefficient (Wildman–Crippen LogP) is 5.42. The number of piperidine rings is 1. The van der Waals surface area contributed by atoms with Gasteiger partial charge in [-0.15, -0.1) is 0 Å². The van der Waals surface area contributed by atoms with Crippen molar-refractivity contribution in [1.82, 2.24) is 4.90 Å². The lowest BCUT2D eigenvalue weighted by Gasteiger charge is -2.40. The van der Waals surface area contributed by atoms with Crippen LogP contribution in [0.4, 0.5) is 0 Å². The van der Waals surface area contributed by atoms with Crippen molar-refractivity contribution >= 4 is 11.7 Å².